The van der Waals surface area contributed by atoms with Crippen LogP contribution >= 0.6 is 11.8 Å². The molecule has 4 nitrogen and oxygen atoms in total. The van der Waals surface area contributed by atoms with Crippen molar-refractivity contribution in [2.24, 2.45) is 5.73 Å². The Morgan fingerprint density at radius 1 is 1.28 bits per heavy atom. The van der Waals surface area contributed by atoms with Crippen molar-refractivity contribution in [3.05, 3.63) is 35.9 Å². The van der Waals surface area contributed by atoms with Crippen molar-refractivity contribution < 1.29 is 9.59 Å². The number of benzene rings is 1. The van der Waals surface area contributed by atoms with Gasteiger partial charge in [0.15, 0.2) is 0 Å². The highest BCUT2D eigenvalue weighted by molar-refractivity contribution is 8.00. The van der Waals surface area contributed by atoms with E-state index in [0.717, 1.165) is 5.56 Å². The lowest BCUT2D eigenvalue weighted by Gasteiger charge is -2.05. The van der Waals surface area contributed by atoms with Gasteiger partial charge in [-0.25, -0.2) is 0 Å². The molecule has 1 unspecified atom stereocenters. The van der Waals surface area contributed by atoms with Gasteiger partial charge in [0.2, 0.25) is 11.8 Å². The number of carbonyl (C=O) groups is 2. The van der Waals surface area contributed by atoms with Crippen LogP contribution in [0.25, 0.3) is 0 Å². The van der Waals surface area contributed by atoms with Gasteiger partial charge in [0.05, 0.1) is 12.2 Å². The van der Waals surface area contributed by atoms with Crippen LogP contribution in [0.15, 0.2) is 30.3 Å². The summed E-state index contributed by atoms with van der Waals surface area (Å²) in [5, 5.41) is 2.36. The van der Waals surface area contributed by atoms with Crippen molar-refractivity contribution in [2.75, 3.05) is 11.5 Å². The minimum absolute atomic E-state index is 0.0582. The first-order valence-electron chi connectivity index (χ1n) is 5.78. The maximum atomic E-state index is 11.6. The number of carbonyl (C=O) groups excluding carboxylic acids is 2. The molecule has 1 aromatic carbocycles. The molecular weight excluding hydrogens is 248 g/mol. The summed E-state index contributed by atoms with van der Waals surface area (Å²) in [5.41, 5.74) is 6.46. The average molecular weight is 266 g/mol. The van der Waals surface area contributed by atoms with E-state index in [1.54, 1.807) is 0 Å². The summed E-state index contributed by atoms with van der Waals surface area (Å²) in [4.78, 5) is 23.0. The number of imide groups is 1. The average Bonchev–Trinajstić information content (AvgIpc) is 2.29. The lowest BCUT2D eigenvalue weighted by Crippen LogP contribution is -2.33. The van der Waals surface area contributed by atoms with Gasteiger partial charge in [-0.2, -0.15) is 11.8 Å². The second-order valence-electron chi connectivity index (χ2n) is 4.13. The zero-order valence-electron chi connectivity index (χ0n) is 10.4. The molecule has 1 aromatic rings. The van der Waals surface area contributed by atoms with E-state index in [0.29, 0.717) is 5.75 Å². The van der Waals surface area contributed by atoms with E-state index >= 15 is 0 Å². The highest BCUT2D eigenvalue weighted by atomic mass is 32.2. The molecule has 2 amide bonds. The second kappa shape index (κ2) is 7.89. The summed E-state index contributed by atoms with van der Waals surface area (Å²) in [6.07, 6.45) is 0.227. The highest BCUT2D eigenvalue weighted by Crippen LogP contribution is 2.02. The number of hydrogen-bond donors (Lipinski definition) is 2. The number of amides is 2. The van der Waals surface area contributed by atoms with Gasteiger partial charge < -0.3 is 5.73 Å². The Morgan fingerprint density at radius 3 is 2.56 bits per heavy atom. The fourth-order valence-electron chi connectivity index (χ4n) is 1.35. The molecule has 0 saturated heterocycles. The molecule has 3 N–H and O–H groups in total. The zero-order valence-corrected chi connectivity index (χ0v) is 11.2. The first kappa shape index (κ1) is 14.7. The van der Waals surface area contributed by atoms with E-state index in [-0.39, 0.29) is 30.0 Å². The molecule has 0 fully saturated rings. The quantitative estimate of drug-likeness (QED) is 0.804. The maximum Gasteiger partial charge on any atom is 0.236 e. The van der Waals surface area contributed by atoms with Gasteiger partial charge in [-0.1, -0.05) is 30.3 Å². The van der Waals surface area contributed by atoms with Crippen LogP contribution in [-0.4, -0.2) is 29.4 Å². The third-order valence-electron chi connectivity index (χ3n) is 2.10. The number of rotatable bonds is 6. The minimum Gasteiger partial charge on any atom is -0.327 e. The number of hydrogen-bond acceptors (Lipinski definition) is 4. The number of thioether (sulfide) groups is 1. The molecule has 5 heteroatoms. The van der Waals surface area contributed by atoms with E-state index in [4.69, 9.17) is 5.73 Å². The molecule has 98 valence electrons. The lowest BCUT2D eigenvalue weighted by atomic mass is 10.1. The molecule has 0 aliphatic heterocycles. The van der Waals surface area contributed by atoms with Gasteiger partial charge in [-0.3, -0.25) is 14.9 Å². The molecule has 1 rings (SSSR count). The van der Waals surface area contributed by atoms with E-state index in [9.17, 15) is 9.59 Å². The predicted octanol–water partition coefficient (Wildman–Crippen LogP) is 0.952. The summed E-state index contributed by atoms with van der Waals surface area (Å²) >= 11 is 1.43. The Balaban J connectivity index is 2.25. The van der Waals surface area contributed by atoms with Crippen LogP contribution in [-0.2, 0) is 16.0 Å². The van der Waals surface area contributed by atoms with Crippen LogP contribution < -0.4 is 11.1 Å². The Hall–Kier alpha value is -1.33. The van der Waals surface area contributed by atoms with Crippen LogP contribution in [0.2, 0.25) is 0 Å². The summed E-state index contributed by atoms with van der Waals surface area (Å²) in [5.74, 6) is 0.441. The first-order valence-corrected chi connectivity index (χ1v) is 6.93. The van der Waals surface area contributed by atoms with Crippen LogP contribution in [0.4, 0.5) is 0 Å². The molecular formula is C13H18N2O2S. The largest absolute Gasteiger partial charge is 0.327 e. The highest BCUT2D eigenvalue weighted by Gasteiger charge is 2.08. The molecule has 0 bridgehead atoms. The van der Waals surface area contributed by atoms with Crippen LogP contribution in [0, 0.1) is 0 Å². The second-order valence-corrected chi connectivity index (χ2v) is 5.16. The predicted molar refractivity (Wildman–Crippen MR) is 74.3 cm³/mol. The Labute approximate surface area is 111 Å². The molecule has 0 spiro atoms. The SMILES string of the molecule is CC(N)CSCC(=O)NC(=O)Cc1ccccc1. The minimum atomic E-state index is -0.271. The Bertz CT molecular complexity index is 393. The van der Waals surface area contributed by atoms with E-state index in [1.807, 2.05) is 37.3 Å². The third-order valence-corrected chi connectivity index (χ3v) is 3.33. The smallest absolute Gasteiger partial charge is 0.236 e. The monoisotopic (exact) mass is 266 g/mol. The van der Waals surface area contributed by atoms with Gasteiger partial charge in [0.1, 0.15) is 0 Å². The summed E-state index contributed by atoms with van der Waals surface area (Å²) < 4.78 is 0. The number of nitrogens with one attached hydrogen (secondary N) is 1. The molecule has 0 aromatic heterocycles. The van der Waals surface area contributed by atoms with Crippen LogP contribution in [0.3, 0.4) is 0 Å². The zero-order chi connectivity index (χ0) is 13.4. The van der Waals surface area contributed by atoms with Gasteiger partial charge >= 0.3 is 0 Å². The molecule has 0 aliphatic rings. The van der Waals surface area contributed by atoms with Crippen molar-refractivity contribution in [1.29, 1.82) is 0 Å². The molecule has 0 saturated carbocycles. The van der Waals surface area contributed by atoms with Gasteiger partial charge in [-0.15, -0.1) is 0 Å². The van der Waals surface area contributed by atoms with Crippen LogP contribution in [0.1, 0.15) is 12.5 Å². The Morgan fingerprint density at radius 2 is 1.94 bits per heavy atom. The topological polar surface area (TPSA) is 72.2 Å². The third kappa shape index (κ3) is 6.42. The van der Waals surface area contributed by atoms with Crippen molar-refractivity contribution in [3.8, 4) is 0 Å². The van der Waals surface area contributed by atoms with Crippen molar-refractivity contribution in [1.82, 2.24) is 5.32 Å². The summed E-state index contributed by atoms with van der Waals surface area (Å²) in [6, 6.07) is 9.38. The van der Waals surface area contributed by atoms with Gasteiger partial charge in [-0.05, 0) is 12.5 Å². The summed E-state index contributed by atoms with van der Waals surface area (Å²) in [6.45, 7) is 1.88. The van der Waals surface area contributed by atoms with E-state index in [2.05, 4.69) is 5.32 Å². The summed E-state index contributed by atoms with van der Waals surface area (Å²) in [7, 11) is 0. The van der Waals surface area contributed by atoms with E-state index in [1.165, 1.54) is 11.8 Å². The molecule has 1 atom stereocenters. The molecule has 0 heterocycles. The van der Waals surface area contributed by atoms with Crippen molar-refractivity contribution in [2.45, 2.75) is 19.4 Å². The fourth-order valence-corrected chi connectivity index (χ4v) is 2.10. The molecule has 0 radical (unpaired) electrons. The maximum absolute atomic E-state index is 11.6. The fraction of sp³-hybridized carbons (Fsp3) is 0.385. The van der Waals surface area contributed by atoms with Gasteiger partial charge in [0.25, 0.3) is 0 Å². The van der Waals surface area contributed by atoms with Crippen molar-refractivity contribution >= 4 is 23.6 Å². The molecule has 18 heavy (non-hydrogen) atoms. The van der Waals surface area contributed by atoms with Gasteiger partial charge in [0, 0.05) is 11.8 Å². The standard InChI is InChI=1S/C13H18N2O2S/c1-10(14)8-18-9-13(17)15-12(16)7-11-5-3-2-4-6-11/h2-6,10H,7-9,14H2,1H3,(H,15,16,17). The lowest BCUT2D eigenvalue weighted by molar-refractivity contribution is -0.128. The Kier molecular flexibility index (Phi) is 6.46. The number of nitrogens with two attached hydrogens (primary N) is 1. The normalized spacial score (nSPS) is 11.9. The first-order chi connectivity index (χ1) is 8.58. The van der Waals surface area contributed by atoms with E-state index < -0.39 is 0 Å². The van der Waals surface area contributed by atoms with Crippen molar-refractivity contribution in [3.63, 3.8) is 0 Å². The van der Waals surface area contributed by atoms with Crippen LogP contribution in [0.5, 0.6) is 0 Å². The molecule has 0 aliphatic carbocycles.